The number of thioether (sulfide) groups is 1. The van der Waals surface area contributed by atoms with Crippen molar-refractivity contribution in [3.05, 3.63) is 95.8 Å². The SMILES string of the molecule is COCCn1c(SCc2ccc(F)c(F)c2F)nnc1-c1cc(-c2ccccc2)nc2ccccc12. The summed E-state index contributed by atoms with van der Waals surface area (Å²) < 4.78 is 48.4. The number of methoxy groups -OCH3 is 1. The van der Waals surface area contributed by atoms with E-state index in [1.807, 2.05) is 65.2 Å². The number of ether oxygens (including phenoxy) is 1. The molecule has 0 fully saturated rings. The molecular weight excluding hydrogens is 485 g/mol. The smallest absolute Gasteiger partial charge is 0.194 e. The van der Waals surface area contributed by atoms with Gasteiger partial charge in [0.25, 0.3) is 0 Å². The van der Waals surface area contributed by atoms with Crippen molar-refractivity contribution in [3.8, 4) is 22.6 Å². The van der Waals surface area contributed by atoms with Gasteiger partial charge in [-0.2, -0.15) is 0 Å². The first kappa shape index (κ1) is 24.0. The number of aromatic nitrogens is 4. The zero-order chi connectivity index (χ0) is 25.1. The Morgan fingerprint density at radius 3 is 2.47 bits per heavy atom. The summed E-state index contributed by atoms with van der Waals surface area (Å²) >= 11 is 1.19. The van der Waals surface area contributed by atoms with Gasteiger partial charge in [0.1, 0.15) is 0 Å². The predicted octanol–water partition coefficient (Wildman–Crippen LogP) is 6.52. The van der Waals surface area contributed by atoms with E-state index < -0.39 is 17.5 Å². The molecule has 0 aliphatic rings. The van der Waals surface area contributed by atoms with Gasteiger partial charge in [0, 0.05) is 34.9 Å². The molecule has 0 radical (unpaired) electrons. The average molecular weight is 507 g/mol. The number of pyridine rings is 1. The van der Waals surface area contributed by atoms with Gasteiger partial charge >= 0.3 is 0 Å². The molecule has 0 saturated heterocycles. The van der Waals surface area contributed by atoms with Gasteiger partial charge in [-0.25, -0.2) is 18.2 Å². The van der Waals surface area contributed by atoms with Crippen LogP contribution in [0, 0.1) is 17.5 Å². The molecule has 0 aliphatic carbocycles. The van der Waals surface area contributed by atoms with Crippen LogP contribution in [0.4, 0.5) is 13.2 Å². The van der Waals surface area contributed by atoms with Crippen LogP contribution in [0.1, 0.15) is 5.56 Å². The van der Waals surface area contributed by atoms with Crippen LogP contribution in [-0.4, -0.2) is 33.5 Å². The molecule has 2 heterocycles. The Hall–Kier alpha value is -3.69. The van der Waals surface area contributed by atoms with E-state index in [0.29, 0.717) is 24.1 Å². The molecule has 0 atom stereocenters. The van der Waals surface area contributed by atoms with Crippen molar-refractivity contribution in [3.63, 3.8) is 0 Å². The first-order chi connectivity index (χ1) is 17.6. The number of fused-ring (bicyclic) bond motifs is 1. The molecular formula is C27H21F3N4OS. The van der Waals surface area contributed by atoms with Crippen molar-refractivity contribution < 1.29 is 17.9 Å². The van der Waals surface area contributed by atoms with E-state index in [0.717, 1.165) is 33.8 Å². The lowest BCUT2D eigenvalue weighted by Crippen LogP contribution is -2.08. The highest BCUT2D eigenvalue weighted by molar-refractivity contribution is 7.98. The van der Waals surface area contributed by atoms with Crippen LogP contribution in [-0.2, 0) is 17.0 Å². The van der Waals surface area contributed by atoms with E-state index in [1.54, 1.807) is 7.11 Å². The highest BCUT2D eigenvalue weighted by atomic mass is 32.2. The number of rotatable bonds is 8. The van der Waals surface area contributed by atoms with E-state index in [4.69, 9.17) is 9.72 Å². The van der Waals surface area contributed by atoms with E-state index in [1.165, 1.54) is 17.8 Å². The molecule has 0 N–H and O–H groups in total. The maximum absolute atomic E-state index is 14.2. The minimum Gasteiger partial charge on any atom is -0.383 e. The van der Waals surface area contributed by atoms with Gasteiger partial charge in [0.15, 0.2) is 28.4 Å². The number of halogens is 3. The molecule has 5 aromatic rings. The predicted molar refractivity (Wildman–Crippen MR) is 134 cm³/mol. The fourth-order valence-electron chi connectivity index (χ4n) is 3.92. The van der Waals surface area contributed by atoms with Crippen molar-refractivity contribution in [2.75, 3.05) is 13.7 Å². The first-order valence-electron chi connectivity index (χ1n) is 11.2. The minimum atomic E-state index is -1.48. The molecule has 36 heavy (non-hydrogen) atoms. The summed E-state index contributed by atoms with van der Waals surface area (Å²) in [6, 6.07) is 21.8. The molecule has 5 nitrogen and oxygen atoms in total. The van der Waals surface area contributed by atoms with E-state index >= 15 is 0 Å². The van der Waals surface area contributed by atoms with Crippen molar-refractivity contribution in [1.29, 1.82) is 0 Å². The Bertz CT molecular complexity index is 1530. The lowest BCUT2D eigenvalue weighted by atomic mass is 10.0. The largest absolute Gasteiger partial charge is 0.383 e. The second-order valence-electron chi connectivity index (χ2n) is 8.01. The highest BCUT2D eigenvalue weighted by Crippen LogP contribution is 2.34. The number of hydrogen-bond donors (Lipinski definition) is 0. The first-order valence-corrected chi connectivity index (χ1v) is 12.2. The third-order valence-electron chi connectivity index (χ3n) is 5.73. The molecule has 0 amide bonds. The van der Waals surface area contributed by atoms with Crippen LogP contribution in [0.25, 0.3) is 33.5 Å². The van der Waals surface area contributed by atoms with Crippen LogP contribution < -0.4 is 0 Å². The van der Waals surface area contributed by atoms with Gasteiger partial charge in [0.05, 0.1) is 24.4 Å². The maximum Gasteiger partial charge on any atom is 0.194 e. The van der Waals surface area contributed by atoms with Crippen LogP contribution in [0.15, 0.2) is 78.0 Å². The lowest BCUT2D eigenvalue weighted by Gasteiger charge is -2.13. The third-order valence-corrected chi connectivity index (χ3v) is 6.75. The highest BCUT2D eigenvalue weighted by Gasteiger charge is 2.20. The molecule has 9 heteroatoms. The van der Waals surface area contributed by atoms with Gasteiger partial charge < -0.3 is 4.74 Å². The quantitative estimate of drug-likeness (QED) is 0.177. The summed E-state index contributed by atoms with van der Waals surface area (Å²) in [6.07, 6.45) is 0. The van der Waals surface area contributed by atoms with E-state index in [9.17, 15) is 13.2 Å². The average Bonchev–Trinajstić information content (AvgIpc) is 3.32. The normalized spacial score (nSPS) is 11.3. The molecule has 182 valence electrons. The summed E-state index contributed by atoms with van der Waals surface area (Å²) in [5.74, 6) is -3.23. The second-order valence-corrected chi connectivity index (χ2v) is 8.95. The molecule has 0 unspecified atom stereocenters. The Labute approximate surface area is 210 Å². The van der Waals surface area contributed by atoms with Crippen molar-refractivity contribution in [1.82, 2.24) is 19.7 Å². The van der Waals surface area contributed by atoms with Gasteiger partial charge in [-0.3, -0.25) is 4.57 Å². The van der Waals surface area contributed by atoms with E-state index in [2.05, 4.69) is 10.2 Å². The van der Waals surface area contributed by atoms with Crippen LogP contribution in [0.5, 0.6) is 0 Å². The number of nitrogens with zero attached hydrogens (tertiary/aromatic N) is 4. The Morgan fingerprint density at radius 1 is 0.889 bits per heavy atom. The number of hydrogen-bond acceptors (Lipinski definition) is 5. The fraction of sp³-hybridized carbons (Fsp3) is 0.148. The molecule has 3 aromatic carbocycles. The van der Waals surface area contributed by atoms with Crippen molar-refractivity contribution in [2.24, 2.45) is 0 Å². The Morgan fingerprint density at radius 2 is 1.67 bits per heavy atom. The zero-order valence-electron chi connectivity index (χ0n) is 19.3. The number of para-hydroxylation sites is 1. The topological polar surface area (TPSA) is 52.8 Å². The van der Waals surface area contributed by atoms with E-state index in [-0.39, 0.29) is 11.3 Å². The molecule has 0 saturated carbocycles. The summed E-state index contributed by atoms with van der Waals surface area (Å²) in [7, 11) is 1.60. The van der Waals surface area contributed by atoms with Gasteiger partial charge in [-0.1, -0.05) is 66.4 Å². The second kappa shape index (κ2) is 10.5. The Kier molecular flexibility index (Phi) is 7.02. The lowest BCUT2D eigenvalue weighted by molar-refractivity contribution is 0.185. The monoisotopic (exact) mass is 506 g/mol. The molecule has 0 spiro atoms. The summed E-state index contributed by atoms with van der Waals surface area (Å²) in [4.78, 5) is 4.84. The third kappa shape index (κ3) is 4.72. The van der Waals surface area contributed by atoms with Crippen LogP contribution >= 0.6 is 11.8 Å². The molecule has 2 aromatic heterocycles. The minimum absolute atomic E-state index is 0.0440. The van der Waals surface area contributed by atoms with Crippen LogP contribution in [0.2, 0.25) is 0 Å². The molecule has 0 aliphatic heterocycles. The summed E-state index contributed by atoms with van der Waals surface area (Å²) in [5, 5.41) is 10.2. The number of benzene rings is 3. The van der Waals surface area contributed by atoms with Gasteiger partial charge in [0.2, 0.25) is 0 Å². The van der Waals surface area contributed by atoms with Crippen molar-refractivity contribution in [2.45, 2.75) is 17.5 Å². The summed E-state index contributed by atoms with van der Waals surface area (Å²) in [5.41, 5.74) is 3.46. The fourth-order valence-corrected chi connectivity index (χ4v) is 4.86. The Balaban J connectivity index is 1.58. The van der Waals surface area contributed by atoms with Crippen molar-refractivity contribution >= 4 is 22.7 Å². The van der Waals surface area contributed by atoms with Gasteiger partial charge in [-0.15, -0.1) is 10.2 Å². The molecule has 5 rings (SSSR count). The van der Waals surface area contributed by atoms with Gasteiger partial charge in [-0.05, 0) is 18.2 Å². The zero-order valence-corrected chi connectivity index (χ0v) is 20.1. The standard InChI is InChI=1S/C27H21F3N4OS/c1-35-14-13-34-26(32-33-27(34)36-16-18-11-12-21(28)25(30)24(18)29)20-15-23(17-7-3-2-4-8-17)31-22-10-6-5-9-19(20)22/h2-12,15H,13-14,16H2,1H3. The summed E-state index contributed by atoms with van der Waals surface area (Å²) in [6.45, 7) is 0.839. The maximum atomic E-state index is 14.2. The molecule has 0 bridgehead atoms. The van der Waals surface area contributed by atoms with Crippen LogP contribution in [0.3, 0.4) is 0 Å².